The lowest BCUT2D eigenvalue weighted by atomic mass is 9.94. The van der Waals surface area contributed by atoms with E-state index in [1.807, 2.05) is 24.3 Å². The number of nitrogens with one attached hydrogen (secondary N) is 1. The second-order valence-electron chi connectivity index (χ2n) is 6.76. The van der Waals surface area contributed by atoms with Gasteiger partial charge in [-0.2, -0.15) is 0 Å². The molecule has 3 rings (SSSR count). The van der Waals surface area contributed by atoms with Crippen LogP contribution >= 0.6 is 11.8 Å². The summed E-state index contributed by atoms with van der Waals surface area (Å²) in [6, 6.07) is 16.7. The molecule has 2 aromatic carbocycles. The molecular formula is C22H28N2O2S. The summed E-state index contributed by atoms with van der Waals surface area (Å²) in [6.07, 6.45) is 0.951. The lowest BCUT2D eigenvalue weighted by Gasteiger charge is -2.37. The number of hydrogen-bond donors (Lipinski definition) is 1. The second-order valence-corrected chi connectivity index (χ2v) is 8.09. The van der Waals surface area contributed by atoms with Crippen LogP contribution < -0.4 is 5.32 Å². The van der Waals surface area contributed by atoms with Gasteiger partial charge in [-0.25, -0.2) is 0 Å². The number of fused-ring (bicyclic) bond motifs is 1. The van der Waals surface area contributed by atoms with Crippen molar-refractivity contribution in [3.63, 3.8) is 0 Å². The number of thioether (sulfide) groups is 1. The third kappa shape index (κ3) is 5.34. The number of methoxy groups -OCH3 is 1. The van der Waals surface area contributed by atoms with Crippen molar-refractivity contribution >= 4 is 17.7 Å². The summed E-state index contributed by atoms with van der Waals surface area (Å²) in [5.74, 6) is 1.03. The molecule has 1 unspecified atom stereocenters. The Balaban J connectivity index is 1.62. The van der Waals surface area contributed by atoms with Crippen molar-refractivity contribution in [1.29, 1.82) is 0 Å². The molecule has 0 spiro atoms. The Morgan fingerprint density at radius 2 is 1.93 bits per heavy atom. The quantitative estimate of drug-likeness (QED) is 0.706. The Morgan fingerprint density at radius 3 is 2.63 bits per heavy atom. The number of ether oxygens (including phenoxy) is 1. The van der Waals surface area contributed by atoms with Crippen LogP contribution in [0.2, 0.25) is 0 Å². The first-order chi connectivity index (χ1) is 13.2. The van der Waals surface area contributed by atoms with Gasteiger partial charge in [-0.3, -0.25) is 9.69 Å². The van der Waals surface area contributed by atoms with Gasteiger partial charge in [0.05, 0.1) is 6.61 Å². The van der Waals surface area contributed by atoms with Crippen molar-refractivity contribution in [2.45, 2.75) is 30.8 Å². The molecule has 0 saturated heterocycles. The van der Waals surface area contributed by atoms with Crippen molar-refractivity contribution in [2.24, 2.45) is 0 Å². The minimum absolute atomic E-state index is 0.00593. The summed E-state index contributed by atoms with van der Waals surface area (Å²) in [5.41, 5.74) is 3.47. The maximum absolute atomic E-state index is 12.6. The molecule has 0 fully saturated rings. The molecule has 1 aliphatic heterocycles. The number of nitrogens with zero attached hydrogens (tertiary/aromatic N) is 1. The molecule has 1 atom stereocenters. The predicted molar refractivity (Wildman–Crippen MR) is 111 cm³/mol. The highest BCUT2D eigenvalue weighted by atomic mass is 32.2. The normalized spacial score (nSPS) is 16.7. The van der Waals surface area contributed by atoms with E-state index < -0.39 is 0 Å². The van der Waals surface area contributed by atoms with Crippen LogP contribution in [-0.2, 0) is 17.7 Å². The molecule has 5 heteroatoms. The first-order valence-electron chi connectivity index (χ1n) is 9.52. The second kappa shape index (κ2) is 9.93. The highest BCUT2D eigenvalue weighted by molar-refractivity contribution is 7.99. The van der Waals surface area contributed by atoms with E-state index in [0.717, 1.165) is 30.8 Å². The van der Waals surface area contributed by atoms with Crippen LogP contribution in [0.1, 0.15) is 28.4 Å². The van der Waals surface area contributed by atoms with Crippen LogP contribution in [0, 0.1) is 0 Å². The van der Waals surface area contributed by atoms with E-state index in [0.29, 0.717) is 13.2 Å². The predicted octanol–water partition coefficient (Wildman–Crippen LogP) is 3.60. The average molecular weight is 385 g/mol. The fraction of sp³-hybridized carbons (Fsp3) is 0.409. The summed E-state index contributed by atoms with van der Waals surface area (Å²) in [4.78, 5) is 16.2. The molecule has 27 heavy (non-hydrogen) atoms. The van der Waals surface area contributed by atoms with Crippen LogP contribution in [-0.4, -0.2) is 49.4 Å². The lowest BCUT2D eigenvalue weighted by molar-refractivity contribution is 0.0882. The first kappa shape index (κ1) is 19.9. The molecule has 2 aromatic rings. The Hall–Kier alpha value is -1.82. The topological polar surface area (TPSA) is 41.6 Å². The molecule has 1 N–H and O–H groups in total. The van der Waals surface area contributed by atoms with Gasteiger partial charge in [0.1, 0.15) is 0 Å². The summed E-state index contributed by atoms with van der Waals surface area (Å²) >= 11 is 1.78. The number of hydrogen-bond acceptors (Lipinski definition) is 4. The Labute approximate surface area is 166 Å². The molecular weight excluding hydrogens is 356 g/mol. The fourth-order valence-corrected chi connectivity index (χ4v) is 4.16. The zero-order chi connectivity index (χ0) is 19.1. The average Bonchev–Trinajstić information content (AvgIpc) is 2.71. The smallest absolute Gasteiger partial charge is 0.251 e. The monoisotopic (exact) mass is 384 g/mol. The van der Waals surface area contributed by atoms with Gasteiger partial charge in [0.25, 0.3) is 5.91 Å². The number of benzene rings is 2. The summed E-state index contributed by atoms with van der Waals surface area (Å²) < 4.78 is 5.28. The molecule has 1 heterocycles. The first-order valence-corrected chi connectivity index (χ1v) is 10.5. The van der Waals surface area contributed by atoms with Crippen molar-refractivity contribution in [1.82, 2.24) is 10.2 Å². The molecule has 0 saturated carbocycles. The fourth-order valence-electron chi connectivity index (χ4n) is 3.49. The minimum Gasteiger partial charge on any atom is -0.383 e. The van der Waals surface area contributed by atoms with Crippen LogP contribution in [0.3, 0.4) is 0 Å². The van der Waals surface area contributed by atoms with E-state index >= 15 is 0 Å². The van der Waals surface area contributed by atoms with Gasteiger partial charge in [0.2, 0.25) is 0 Å². The van der Waals surface area contributed by atoms with E-state index in [2.05, 4.69) is 41.4 Å². The van der Waals surface area contributed by atoms with Crippen LogP contribution in [0.5, 0.6) is 0 Å². The zero-order valence-corrected chi connectivity index (χ0v) is 16.9. The maximum Gasteiger partial charge on any atom is 0.251 e. The number of carbonyl (C=O) groups excluding carboxylic acids is 1. The third-order valence-corrected chi connectivity index (χ3v) is 5.87. The van der Waals surface area contributed by atoms with E-state index in [9.17, 15) is 4.79 Å². The maximum atomic E-state index is 12.6. The van der Waals surface area contributed by atoms with Crippen molar-refractivity contribution in [3.05, 3.63) is 65.2 Å². The van der Waals surface area contributed by atoms with E-state index in [-0.39, 0.29) is 11.9 Å². The van der Waals surface area contributed by atoms with Gasteiger partial charge in [-0.15, -0.1) is 11.8 Å². The molecule has 1 aliphatic rings. The van der Waals surface area contributed by atoms with E-state index in [1.165, 1.54) is 16.0 Å². The largest absolute Gasteiger partial charge is 0.383 e. The summed E-state index contributed by atoms with van der Waals surface area (Å²) in [6.45, 7) is 5.24. The highest BCUT2D eigenvalue weighted by Crippen LogP contribution is 2.23. The van der Waals surface area contributed by atoms with Gasteiger partial charge >= 0.3 is 0 Å². The SMILES string of the molecule is CCSc1ccc(C(=O)NCC2Cc3ccccc3CN2CCOC)cc1. The molecule has 4 nitrogen and oxygen atoms in total. The summed E-state index contributed by atoms with van der Waals surface area (Å²) in [5, 5.41) is 3.13. The third-order valence-electron chi connectivity index (χ3n) is 4.97. The molecule has 0 aliphatic carbocycles. The molecule has 0 radical (unpaired) electrons. The van der Waals surface area contributed by atoms with Crippen molar-refractivity contribution in [2.75, 3.05) is 32.6 Å². The number of rotatable bonds is 8. The highest BCUT2D eigenvalue weighted by Gasteiger charge is 2.26. The van der Waals surface area contributed by atoms with Crippen LogP contribution in [0.4, 0.5) is 0 Å². The standard InChI is InChI=1S/C22H28N2O2S/c1-3-27-21-10-8-17(9-11-21)22(25)23-15-20-14-18-6-4-5-7-19(18)16-24(20)12-13-26-2/h4-11,20H,3,12-16H2,1-2H3,(H,23,25). The van der Waals surface area contributed by atoms with Gasteiger partial charge in [-0.05, 0) is 47.6 Å². The molecule has 0 bridgehead atoms. The molecule has 144 valence electrons. The minimum atomic E-state index is -0.00593. The Morgan fingerprint density at radius 1 is 1.19 bits per heavy atom. The van der Waals surface area contributed by atoms with Crippen molar-refractivity contribution < 1.29 is 9.53 Å². The molecule has 1 amide bonds. The van der Waals surface area contributed by atoms with E-state index in [1.54, 1.807) is 18.9 Å². The van der Waals surface area contributed by atoms with E-state index in [4.69, 9.17) is 4.74 Å². The van der Waals surface area contributed by atoms with Gasteiger partial charge in [0, 0.05) is 43.2 Å². The lowest BCUT2D eigenvalue weighted by Crippen LogP contribution is -2.48. The van der Waals surface area contributed by atoms with Gasteiger partial charge in [-0.1, -0.05) is 31.2 Å². The Kier molecular flexibility index (Phi) is 7.33. The van der Waals surface area contributed by atoms with Gasteiger partial charge < -0.3 is 10.1 Å². The zero-order valence-electron chi connectivity index (χ0n) is 16.1. The van der Waals surface area contributed by atoms with Gasteiger partial charge in [0.15, 0.2) is 0 Å². The van der Waals surface area contributed by atoms with Crippen molar-refractivity contribution in [3.8, 4) is 0 Å². The van der Waals surface area contributed by atoms with Crippen LogP contribution in [0.25, 0.3) is 0 Å². The Bertz CT molecular complexity index is 748. The number of amides is 1. The molecule has 0 aromatic heterocycles. The number of carbonyl (C=O) groups is 1. The van der Waals surface area contributed by atoms with Crippen LogP contribution in [0.15, 0.2) is 53.4 Å². The summed E-state index contributed by atoms with van der Waals surface area (Å²) in [7, 11) is 1.73.